The number of hydrogen-bond acceptors (Lipinski definition) is 11. The third-order valence-corrected chi connectivity index (χ3v) is 7.91. The van der Waals surface area contributed by atoms with Crippen molar-refractivity contribution in [2.24, 2.45) is 21.8 Å². The van der Waals surface area contributed by atoms with Crippen LogP contribution in [0.1, 0.15) is 24.4 Å². The summed E-state index contributed by atoms with van der Waals surface area (Å²) in [6.45, 7) is 0.394. The number of rotatable bonds is 16. The van der Waals surface area contributed by atoms with Gasteiger partial charge in [0.25, 0.3) is 0 Å². The second kappa shape index (κ2) is 17.4. The Kier molecular flexibility index (Phi) is 13.7. The number of nitrogens with one attached hydrogen (secondary N) is 3. The van der Waals surface area contributed by atoms with E-state index in [0.717, 1.165) is 6.42 Å². The van der Waals surface area contributed by atoms with Gasteiger partial charge in [-0.3, -0.25) is 21.3 Å². The first-order valence-electron chi connectivity index (χ1n) is 13.3. The van der Waals surface area contributed by atoms with Crippen molar-refractivity contribution in [1.82, 2.24) is 20.5 Å². The molecule has 0 saturated carbocycles. The number of nitriles is 1. The van der Waals surface area contributed by atoms with E-state index in [4.69, 9.17) is 62.2 Å². The summed E-state index contributed by atoms with van der Waals surface area (Å²) in [5, 5.41) is 27.7. The van der Waals surface area contributed by atoms with E-state index in [-0.39, 0.29) is 37.3 Å². The lowest BCUT2D eigenvalue weighted by Gasteiger charge is -2.39. The zero-order valence-electron chi connectivity index (χ0n) is 23.4. The molecule has 2 aromatic carbocycles. The van der Waals surface area contributed by atoms with Gasteiger partial charge in [-0.25, -0.2) is 5.01 Å². The number of hydrogen-bond donors (Lipinski definition) is 5. The molecule has 0 bridgehead atoms. The molecule has 3 unspecified atom stereocenters. The van der Waals surface area contributed by atoms with Crippen LogP contribution < -0.4 is 32.3 Å². The molecule has 1 aliphatic heterocycles. The standard InChI is InChI=1S/C25H31Cl3N14O2/c26-17-5-3-15(10-19(17)28)23(30)22(41(9-7-36-39-31)24(43)21-2-1-8-42(21)33)12-34-25(35-13-29)38-20-11-16(4-6-18(20)27)44-14-37-40-32/h3-6,10-11,21-23,25,34-35,38H,1-2,7-9,12,14,30,33H2/t21-,22?,23?,25?/m1/s1. The number of nitrogens with two attached hydrogens (primary N) is 2. The summed E-state index contributed by atoms with van der Waals surface area (Å²) in [6.07, 6.45) is 2.26. The SMILES string of the molecule is N#CNC(NCC(C(N)c1ccc(Cl)c(Cl)c1)N(CCN=[N+]=[N-])C(=O)[C@H]1CCCN1N)Nc1cc(OCN=[N+]=[N-])ccc1Cl. The molecule has 7 N–H and O–H groups in total. The van der Waals surface area contributed by atoms with Gasteiger partial charge in [0.2, 0.25) is 5.91 Å². The average molecular weight is 666 g/mol. The molecule has 3 rings (SSSR count). The Labute approximate surface area is 268 Å². The molecular weight excluding hydrogens is 635 g/mol. The van der Waals surface area contributed by atoms with Gasteiger partial charge in [0, 0.05) is 42.1 Å². The van der Waals surface area contributed by atoms with Crippen molar-refractivity contribution in [3.05, 3.63) is 77.9 Å². The summed E-state index contributed by atoms with van der Waals surface area (Å²) in [4.78, 5) is 20.9. The minimum absolute atomic E-state index is 0.0134. The molecule has 19 heteroatoms. The highest BCUT2D eigenvalue weighted by Gasteiger charge is 2.37. The van der Waals surface area contributed by atoms with Crippen LogP contribution in [-0.4, -0.2) is 67.1 Å². The van der Waals surface area contributed by atoms with Crippen molar-refractivity contribution in [2.45, 2.75) is 37.3 Å². The van der Waals surface area contributed by atoms with E-state index < -0.39 is 24.4 Å². The lowest BCUT2D eigenvalue weighted by Crippen LogP contribution is -2.59. The minimum Gasteiger partial charge on any atom is -0.487 e. The Morgan fingerprint density at radius 2 is 1.93 bits per heavy atom. The summed E-state index contributed by atoms with van der Waals surface area (Å²) < 4.78 is 5.39. The molecule has 1 aliphatic rings. The minimum atomic E-state index is -0.903. The number of carbonyl (C=O) groups excluding carboxylic acids is 1. The monoisotopic (exact) mass is 664 g/mol. The molecule has 0 aromatic heterocycles. The maximum Gasteiger partial charge on any atom is 0.241 e. The number of nitrogens with zero attached hydrogens (tertiary/aromatic N) is 9. The van der Waals surface area contributed by atoms with Crippen LogP contribution in [0.15, 0.2) is 46.6 Å². The van der Waals surface area contributed by atoms with Gasteiger partial charge in [-0.1, -0.05) is 51.1 Å². The van der Waals surface area contributed by atoms with Crippen molar-refractivity contribution in [2.75, 3.05) is 38.2 Å². The highest BCUT2D eigenvalue weighted by molar-refractivity contribution is 6.42. The second-order valence-electron chi connectivity index (χ2n) is 9.54. The molecule has 4 atom stereocenters. The summed E-state index contributed by atoms with van der Waals surface area (Å²) in [6, 6.07) is 7.50. The van der Waals surface area contributed by atoms with Gasteiger partial charge in [0.15, 0.2) is 19.2 Å². The van der Waals surface area contributed by atoms with Crippen LogP contribution in [0.25, 0.3) is 20.9 Å². The van der Waals surface area contributed by atoms with Crippen molar-refractivity contribution in [3.8, 4) is 11.9 Å². The average Bonchev–Trinajstić information content (AvgIpc) is 3.44. The lowest BCUT2D eigenvalue weighted by molar-refractivity contribution is -0.138. The number of benzene rings is 2. The quantitative estimate of drug-likeness (QED) is 0.0328. The molecule has 2 aromatic rings. The van der Waals surface area contributed by atoms with E-state index >= 15 is 0 Å². The zero-order chi connectivity index (χ0) is 32.1. The highest BCUT2D eigenvalue weighted by Crippen LogP contribution is 2.29. The normalized spacial score (nSPS) is 16.4. The maximum absolute atomic E-state index is 13.9. The Bertz CT molecular complexity index is 1430. The number of halogens is 3. The molecule has 1 fully saturated rings. The zero-order valence-corrected chi connectivity index (χ0v) is 25.6. The number of azide groups is 2. The Hall–Kier alpha value is -3.87. The summed E-state index contributed by atoms with van der Waals surface area (Å²) >= 11 is 18.8. The van der Waals surface area contributed by atoms with Gasteiger partial charge in [0.1, 0.15) is 11.8 Å². The van der Waals surface area contributed by atoms with Gasteiger partial charge in [0.05, 0.1) is 32.8 Å². The van der Waals surface area contributed by atoms with E-state index in [1.807, 2.05) is 6.19 Å². The van der Waals surface area contributed by atoms with Gasteiger partial charge in [-0.15, -0.1) is 0 Å². The number of ether oxygens (including phenoxy) is 1. The van der Waals surface area contributed by atoms with Crippen molar-refractivity contribution >= 4 is 46.4 Å². The molecule has 234 valence electrons. The first-order valence-corrected chi connectivity index (χ1v) is 14.4. The fraction of sp³-hybridized carbons (Fsp3) is 0.440. The molecule has 1 heterocycles. The third kappa shape index (κ3) is 9.57. The number of anilines is 1. The summed E-state index contributed by atoms with van der Waals surface area (Å²) in [5.74, 6) is 6.20. The smallest absolute Gasteiger partial charge is 0.241 e. The van der Waals surface area contributed by atoms with E-state index in [9.17, 15) is 10.1 Å². The largest absolute Gasteiger partial charge is 0.487 e. The van der Waals surface area contributed by atoms with E-state index in [1.54, 1.807) is 36.4 Å². The van der Waals surface area contributed by atoms with Crippen LogP contribution >= 0.6 is 34.8 Å². The third-order valence-electron chi connectivity index (χ3n) is 6.84. The van der Waals surface area contributed by atoms with Crippen molar-refractivity contribution in [1.29, 1.82) is 5.26 Å². The molecule has 44 heavy (non-hydrogen) atoms. The number of hydrazine groups is 1. The maximum atomic E-state index is 13.9. The number of carbonyl (C=O) groups is 1. The van der Waals surface area contributed by atoms with Crippen LogP contribution in [0, 0.1) is 11.5 Å². The van der Waals surface area contributed by atoms with Gasteiger partial charge >= 0.3 is 0 Å². The molecular formula is C25H31Cl3N14O2. The van der Waals surface area contributed by atoms with Crippen molar-refractivity contribution in [3.63, 3.8) is 0 Å². The molecule has 1 saturated heterocycles. The topological polar surface area (TPSA) is 242 Å². The summed E-state index contributed by atoms with van der Waals surface area (Å²) in [7, 11) is 0. The van der Waals surface area contributed by atoms with Gasteiger partial charge in [-0.2, -0.15) is 5.26 Å². The fourth-order valence-electron chi connectivity index (χ4n) is 4.69. The van der Waals surface area contributed by atoms with Crippen LogP contribution in [0.4, 0.5) is 5.69 Å². The molecule has 16 nitrogen and oxygen atoms in total. The van der Waals surface area contributed by atoms with Crippen molar-refractivity contribution < 1.29 is 9.53 Å². The van der Waals surface area contributed by atoms with E-state index in [0.29, 0.717) is 40.0 Å². The van der Waals surface area contributed by atoms with Gasteiger partial charge < -0.3 is 20.7 Å². The second-order valence-corrected chi connectivity index (χ2v) is 10.8. The Balaban J connectivity index is 1.93. The molecule has 0 spiro atoms. The molecule has 0 aliphatic carbocycles. The fourth-order valence-corrected chi connectivity index (χ4v) is 5.16. The van der Waals surface area contributed by atoms with Crippen LogP contribution in [0.5, 0.6) is 5.75 Å². The highest BCUT2D eigenvalue weighted by atomic mass is 35.5. The van der Waals surface area contributed by atoms with E-state index in [1.165, 1.54) is 9.91 Å². The lowest BCUT2D eigenvalue weighted by atomic mass is 9.97. The van der Waals surface area contributed by atoms with Crippen LogP contribution in [-0.2, 0) is 4.79 Å². The predicted molar refractivity (Wildman–Crippen MR) is 167 cm³/mol. The van der Waals surface area contributed by atoms with E-state index in [2.05, 4.69) is 36.0 Å². The van der Waals surface area contributed by atoms with Crippen LogP contribution in [0.3, 0.4) is 0 Å². The van der Waals surface area contributed by atoms with Gasteiger partial charge in [-0.05, 0) is 53.7 Å². The molecule has 0 radical (unpaired) electrons. The number of amides is 1. The Morgan fingerprint density at radius 3 is 2.59 bits per heavy atom. The predicted octanol–water partition coefficient (Wildman–Crippen LogP) is 4.19. The van der Waals surface area contributed by atoms with Crippen LogP contribution in [0.2, 0.25) is 15.1 Å². The first-order chi connectivity index (χ1) is 21.2. The Morgan fingerprint density at radius 1 is 1.18 bits per heavy atom. The summed E-state index contributed by atoms with van der Waals surface area (Å²) in [5.41, 5.74) is 25.2. The first kappa shape index (κ1) is 34.6. The molecule has 1 amide bonds.